The number of benzene rings is 1. The largest absolute Gasteiger partial charge is 0.409 e. The molecule has 0 saturated carbocycles. The van der Waals surface area contributed by atoms with E-state index in [-0.39, 0.29) is 18.3 Å². The van der Waals surface area contributed by atoms with Gasteiger partial charge in [0.1, 0.15) is 5.84 Å². The molecule has 0 fully saturated rings. The molecule has 1 aliphatic carbocycles. The third kappa shape index (κ3) is 2.23. The molecule has 0 spiro atoms. The Balaban J connectivity index is 0.00000112. The molecule has 3 nitrogen and oxygen atoms in total. The Morgan fingerprint density at radius 3 is 2.73 bits per heavy atom. The van der Waals surface area contributed by atoms with E-state index in [1.54, 1.807) is 0 Å². The molecule has 1 aromatic rings. The molecule has 0 bridgehead atoms. The average molecular weight is 227 g/mol. The van der Waals surface area contributed by atoms with Gasteiger partial charge in [-0.15, -0.1) is 12.4 Å². The number of amidine groups is 1. The van der Waals surface area contributed by atoms with Gasteiger partial charge >= 0.3 is 0 Å². The number of hydrogen-bond donors (Lipinski definition) is 2. The predicted molar refractivity (Wildman–Crippen MR) is 62.7 cm³/mol. The highest BCUT2D eigenvalue weighted by molar-refractivity contribution is 5.85. The van der Waals surface area contributed by atoms with Crippen molar-refractivity contribution in [2.24, 2.45) is 16.8 Å². The number of oxime groups is 1. The zero-order valence-corrected chi connectivity index (χ0v) is 9.42. The fourth-order valence-corrected chi connectivity index (χ4v) is 2.04. The molecular formula is C11H15ClN2O. The van der Waals surface area contributed by atoms with Crippen molar-refractivity contribution >= 4 is 18.2 Å². The fraction of sp³-hybridized carbons (Fsp3) is 0.364. The van der Waals surface area contributed by atoms with Gasteiger partial charge in [0.2, 0.25) is 0 Å². The van der Waals surface area contributed by atoms with Crippen molar-refractivity contribution in [2.75, 3.05) is 0 Å². The van der Waals surface area contributed by atoms with Crippen LogP contribution in [0.15, 0.2) is 23.4 Å². The summed E-state index contributed by atoms with van der Waals surface area (Å²) in [4.78, 5) is 0. The Kier molecular flexibility index (Phi) is 3.58. The van der Waals surface area contributed by atoms with E-state index in [1.807, 2.05) is 0 Å². The number of hydrogen-bond acceptors (Lipinski definition) is 2. The molecule has 0 aromatic heterocycles. The maximum Gasteiger partial charge on any atom is 0.142 e. The Bertz CT molecular complexity index is 390. The lowest BCUT2D eigenvalue weighted by Crippen LogP contribution is -2.23. The monoisotopic (exact) mass is 226 g/mol. The Morgan fingerprint density at radius 1 is 1.40 bits per heavy atom. The lowest BCUT2D eigenvalue weighted by atomic mass is 10.1. The molecule has 0 saturated heterocycles. The zero-order chi connectivity index (χ0) is 10.1. The maximum absolute atomic E-state index is 8.59. The number of nitrogens with two attached hydrogens (primary N) is 1. The summed E-state index contributed by atoms with van der Waals surface area (Å²) in [6, 6.07) is 6.42. The molecule has 4 heteroatoms. The van der Waals surface area contributed by atoms with Crippen LogP contribution in [-0.4, -0.2) is 11.0 Å². The van der Waals surface area contributed by atoms with Gasteiger partial charge in [-0.1, -0.05) is 28.9 Å². The summed E-state index contributed by atoms with van der Waals surface area (Å²) >= 11 is 0. The molecule has 1 aliphatic rings. The number of fused-ring (bicyclic) bond motifs is 1. The SMILES string of the molecule is Cc1ccc2c(c1)CC(/C(N)=N/O)C2.Cl. The van der Waals surface area contributed by atoms with E-state index in [1.165, 1.54) is 16.7 Å². The van der Waals surface area contributed by atoms with Crippen molar-refractivity contribution in [1.29, 1.82) is 0 Å². The van der Waals surface area contributed by atoms with Crippen LogP contribution in [0.2, 0.25) is 0 Å². The van der Waals surface area contributed by atoms with Crippen molar-refractivity contribution in [3.8, 4) is 0 Å². The van der Waals surface area contributed by atoms with Crippen LogP contribution in [0.4, 0.5) is 0 Å². The molecule has 82 valence electrons. The molecule has 15 heavy (non-hydrogen) atoms. The summed E-state index contributed by atoms with van der Waals surface area (Å²) in [5.41, 5.74) is 9.52. The van der Waals surface area contributed by atoms with Crippen molar-refractivity contribution in [2.45, 2.75) is 19.8 Å². The van der Waals surface area contributed by atoms with Crippen molar-refractivity contribution < 1.29 is 5.21 Å². The van der Waals surface area contributed by atoms with E-state index >= 15 is 0 Å². The smallest absolute Gasteiger partial charge is 0.142 e. The fourth-order valence-electron chi connectivity index (χ4n) is 2.04. The summed E-state index contributed by atoms with van der Waals surface area (Å²) in [6.45, 7) is 2.08. The number of aryl methyl sites for hydroxylation is 1. The summed E-state index contributed by atoms with van der Waals surface area (Å²) in [6.07, 6.45) is 1.79. The van der Waals surface area contributed by atoms with E-state index in [9.17, 15) is 0 Å². The third-order valence-corrected chi connectivity index (χ3v) is 2.83. The highest BCUT2D eigenvalue weighted by Gasteiger charge is 2.24. The van der Waals surface area contributed by atoms with Gasteiger partial charge < -0.3 is 10.9 Å². The first-order chi connectivity index (χ1) is 6.70. The van der Waals surface area contributed by atoms with Crippen LogP contribution < -0.4 is 5.73 Å². The van der Waals surface area contributed by atoms with Crippen LogP contribution in [0, 0.1) is 12.8 Å². The molecule has 1 aromatic carbocycles. The van der Waals surface area contributed by atoms with Crippen molar-refractivity contribution in [1.82, 2.24) is 0 Å². The van der Waals surface area contributed by atoms with Crippen LogP contribution in [-0.2, 0) is 12.8 Å². The molecule has 0 radical (unpaired) electrons. The quantitative estimate of drug-likeness (QED) is 0.333. The summed E-state index contributed by atoms with van der Waals surface area (Å²) < 4.78 is 0. The molecule has 1 atom stereocenters. The minimum atomic E-state index is 0. The van der Waals surface area contributed by atoms with E-state index in [0.29, 0.717) is 5.84 Å². The number of nitrogens with zero attached hydrogens (tertiary/aromatic N) is 1. The first-order valence-corrected chi connectivity index (χ1v) is 4.76. The molecule has 0 heterocycles. The maximum atomic E-state index is 8.59. The second kappa shape index (κ2) is 4.53. The van der Waals surface area contributed by atoms with E-state index < -0.39 is 0 Å². The third-order valence-electron chi connectivity index (χ3n) is 2.83. The minimum absolute atomic E-state index is 0. The van der Waals surface area contributed by atoms with E-state index in [4.69, 9.17) is 10.9 Å². The first kappa shape index (κ1) is 11.9. The molecule has 0 aliphatic heterocycles. The molecule has 0 amide bonds. The van der Waals surface area contributed by atoms with Gasteiger partial charge in [0.15, 0.2) is 0 Å². The van der Waals surface area contributed by atoms with Gasteiger partial charge in [0, 0.05) is 5.92 Å². The predicted octanol–water partition coefficient (Wildman–Crippen LogP) is 1.88. The summed E-state index contributed by atoms with van der Waals surface area (Å²) in [5, 5.41) is 11.7. The van der Waals surface area contributed by atoms with Crippen LogP contribution in [0.1, 0.15) is 16.7 Å². The van der Waals surface area contributed by atoms with Gasteiger partial charge in [0.25, 0.3) is 0 Å². The van der Waals surface area contributed by atoms with Crippen molar-refractivity contribution in [3.63, 3.8) is 0 Å². The number of rotatable bonds is 1. The Labute approximate surface area is 95.4 Å². The topological polar surface area (TPSA) is 58.6 Å². The van der Waals surface area contributed by atoms with Gasteiger partial charge in [0.05, 0.1) is 0 Å². The van der Waals surface area contributed by atoms with Crippen LogP contribution >= 0.6 is 12.4 Å². The van der Waals surface area contributed by atoms with Crippen LogP contribution in [0.25, 0.3) is 0 Å². The second-order valence-corrected chi connectivity index (χ2v) is 3.90. The molecule has 2 rings (SSSR count). The second-order valence-electron chi connectivity index (χ2n) is 3.90. The normalized spacial score (nSPS) is 19.5. The highest BCUT2D eigenvalue weighted by Crippen LogP contribution is 2.27. The van der Waals surface area contributed by atoms with Crippen LogP contribution in [0.5, 0.6) is 0 Å². The molecule has 1 unspecified atom stereocenters. The molecular weight excluding hydrogens is 212 g/mol. The van der Waals surface area contributed by atoms with Crippen LogP contribution in [0.3, 0.4) is 0 Å². The Hall–Kier alpha value is -1.22. The summed E-state index contributed by atoms with van der Waals surface area (Å²) in [7, 11) is 0. The number of halogens is 1. The van der Waals surface area contributed by atoms with Crippen molar-refractivity contribution in [3.05, 3.63) is 34.9 Å². The standard InChI is InChI=1S/C11H14N2O.ClH/c1-7-2-3-8-5-10(11(12)13-14)6-9(8)4-7;/h2-4,10,14H,5-6H2,1H3,(H2,12,13);1H. The lowest BCUT2D eigenvalue weighted by molar-refractivity contribution is 0.314. The first-order valence-electron chi connectivity index (χ1n) is 4.76. The molecule has 3 N–H and O–H groups in total. The highest BCUT2D eigenvalue weighted by atomic mass is 35.5. The Morgan fingerprint density at radius 2 is 2.07 bits per heavy atom. The van der Waals surface area contributed by atoms with E-state index in [0.717, 1.165) is 12.8 Å². The average Bonchev–Trinajstić information content (AvgIpc) is 2.59. The van der Waals surface area contributed by atoms with Gasteiger partial charge in [-0.05, 0) is 30.9 Å². The minimum Gasteiger partial charge on any atom is -0.409 e. The van der Waals surface area contributed by atoms with Gasteiger partial charge in [-0.25, -0.2) is 0 Å². The van der Waals surface area contributed by atoms with Gasteiger partial charge in [-0.3, -0.25) is 0 Å². The van der Waals surface area contributed by atoms with Gasteiger partial charge in [-0.2, -0.15) is 0 Å². The summed E-state index contributed by atoms with van der Waals surface area (Å²) in [5.74, 6) is 0.524. The lowest BCUT2D eigenvalue weighted by Gasteiger charge is -2.04. The van der Waals surface area contributed by atoms with E-state index in [2.05, 4.69) is 30.3 Å². The zero-order valence-electron chi connectivity index (χ0n) is 8.60.